The van der Waals surface area contributed by atoms with Gasteiger partial charge in [0.05, 0.1) is 9.81 Å². The Morgan fingerprint density at radius 1 is 0.560 bits per heavy atom. The highest BCUT2D eigenvalue weighted by Crippen LogP contribution is 2.42. The Bertz CT molecular complexity index is 1580. The van der Waals surface area contributed by atoms with E-state index in [1.54, 1.807) is 0 Å². The van der Waals surface area contributed by atoms with Crippen LogP contribution in [-0.4, -0.2) is 77.2 Å². The first kappa shape index (κ1) is 38.3. The highest BCUT2D eigenvalue weighted by Gasteiger charge is 2.41. The van der Waals surface area contributed by atoms with Gasteiger partial charge in [0.1, 0.15) is 20.1 Å². The maximum Gasteiger partial charge on any atom is 0.269 e. The van der Waals surface area contributed by atoms with E-state index >= 15 is 0 Å². The fourth-order valence-corrected chi connectivity index (χ4v) is 7.44. The van der Waals surface area contributed by atoms with Crippen molar-refractivity contribution in [3.05, 3.63) is 69.5 Å². The second-order valence-electron chi connectivity index (χ2n) is 11.0. The van der Waals surface area contributed by atoms with Crippen molar-refractivity contribution in [3.8, 4) is 11.5 Å². The Morgan fingerprint density at radius 3 is 1.28 bits per heavy atom. The van der Waals surface area contributed by atoms with Crippen molar-refractivity contribution in [3.63, 3.8) is 0 Å². The molecule has 0 radical (unpaired) electrons. The number of benzene rings is 2. The van der Waals surface area contributed by atoms with Crippen LogP contribution in [0.2, 0.25) is 0 Å². The van der Waals surface area contributed by atoms with E-state index < -0.39 is 11.8 Å². The molecule has 18 heteroatoms. The van der Waals surface area contributed by atoms with Gasteiger partial charge in [0.15, 0.2) is 0 Å². The van der Waals surface area contributed by atoms with Gasteiger partial charge in [-0.25, -0.2) is 0 Å². The predicted molar refractivity (Wildman–Crippen MR) is 195 cm³/mol. The first-order valence-corrected chi connectivity index (χ1v) is 18.0. The molecule has 2 heterocycles. The van der Waals surface area contributed by atoms with Crippen LogP contribution in [-0.2, 0) is 19.2 Å². The zero-order chi connectivity index (χ0) is 36.2. The molecule has 4 rings (SSSR count). The van der Waals surface area contributed by atoms with Gasteiger partial charge >= 0.3 is 0 Å². The molecule has 0 saturated carbocycles. The summed E-state index contributed by atoms with van der Waals surface area (Å²) in [6.07, 6.45) is 3.70. The Morgan fingerprint density at radius 2 is 0.920 bits per heavy atom. The maximum atomic E-state index is 13.2. The molecule has 0 aromatic heterocycles. The zero-order valence-electron chi connectivity index (χ0n) is 26.6. The number of nitrogens with one attached hydrogen (secondary N) is 4. The van der Waals surface area contributed by atoms with Crippen LogP contribution in [0.1, 0.15) is 72.1 Å². The number of phenols is 2. The highest BCUT2D eigenvalue weighted by atomic mass is 32.2. The molecule has 6 N–H and O–H groups in total. The number of thiocarbonyl (C=S) groups is 2. The topological polar surface area (TPSA) is 197 Å². The predicted octanol–water partition coefficient (Wildman–Crippen LogP) is 3.37. The molecule has 2 saturated heterocycles. The van der Waals surface area contributed by atoms with Gasteiger partial charge in [0.2, 0.25) is 11.8 Å². The van der Waals surface area contributed by atoms with Gasteiger partial charge in [-0.3, -0.25) is 60.3 Å². The minimum Gasteiger partial charge on any atom is -0.508 e. The number of rotatable bonds is 14. The van der Waals surface area contributed by atoms with Crippen molar-refractivity contribution in [1.82, 2.24) is 31.5 Å². The number of carbonyl (C=O) groups is 6. The van der Waals surface area contributed by atoms with Gasteiger partial charge in [-0.2, -0.15) is 0 Å². The molecule has 0 unspecified atom stereocenters. The highest BCUT2D eigenvalue weighted by molar-refractivity contribution is 8.29. The Hall–Kier alpha value is -4.52. The van der Waals surface area contributed by atoms with E-state index in [9.17, 15) is 39.0 Å². The van der Waals surface area contributed by atoms with E-state index in [2.05, 4.69) is 21.7 Å². The minimum absolute atomic E-state index is 0.0232. The third-order valence-corrected chi connectivity index (χ3v) is 10.4. The van der Waals surface area contributed by atoms with Crippen molar-refractivity contribution < 1.29 is 39.0 Å². The summed E-state index contributed by atoms with van der Waals surface area (Å²) in [5.74, 6) is -2.45. The smallest absolute Gasteiger partial charge is 0.269 e. The number of hydrogen-bond donors (Lipinski definition) is 6. The van der Waals surface area contributed by atoms with E-state index in [4.69, 9.17) is 24.4 Å². The molecule has 50 heavy (non-hydrogen) atoms. The van der Waals surface area contributed by atoms with Crippen molar-refractivity contribution in [1.29, 1.82) is 0 Å². The number of phenolic OH excluding ortho intramolecular Hbond substituents is 2. The van der Waals surface area contributed by atoms with Gasteiger partial charge in [0.25, 0.3) is 23.6 Å². The van der Waals surface area contributed by atoms with Gasteiger partial charge in [-0.05, 0) is 74.2 Å². The number of hydrogen-bond acceptors (Lipinski definition) is 12. The molecule has 2 aromatic carbocycles. The SMILES string of the molecule is O=C(CCCCCN1C(=O)/C(=C2\SC(=S)N(CCCCCC(=O)NNC(=O)c3ccc(O)cc3)C2=O)SC1=S)NNC(=O)c1ccc(O)cc1. The summed E-state index contributed by atoms with van der Waals surface area (Å²) in [6, 6.07) is 11.2. The summed E-state index contributed by atoms with van der Waals surface area (Å²) in [7, 11) is 0. The third kappa shape index (κ3) is 10.7. The molecular weight excluding hydrogens is 725 g/mol. The molecular formula is C32H34N6O8S4. The summed E-state index contributed by atoms with van der Waals surface area (Å²) in [5.41, 5.74) is 9.89. The summed E-state index contributed by atoms with van der Waals surface area (Å²) in [4.78, 5) is 78.1. The average molecular weight is 759 g/mol. The lowest BCUT2D eigenvalue weighted by Crippen LogP contribution is -2.41. The lowest BCUT2D eigenvalue weighted by molar-refractivity contribution is -0.124. The lowest BCUT2D eigenvalue weighted by atomic mass is 10.2. The van der Waals surface area contributed by atoms with Crippen molar-refractivity contribution >= 4 is 92.0 Å². The maximum absolute atomic E-state index is 13.2. The van der Waals surface area contributed by atoms with Crippen LogP contribution in [0.5, 0.6) is 11.5 Å². The second kappa shape index (κ2) is 18.5. The standard InChI is InChI=1S/C32H34N6O8S4/c39-21-13-9-19(10-14-21)27(43)35-33-23(41)7-3-1-5-17-37-29(45)25(49-31(37)47)26-30(46)38(32(48)50-26)18-6-2-4-8-24(42)34-36-28(44)20-11-15-22(40)16-12-20/h9-16,39-40H,1-8,17-18H2,(H,33,41)(H,34,42)(H,35,43)(H,36,44)/b26-25+. The summed E-state index contributed by atoms with van der Waals surface area (Å²) >= 11 is 13.0. The van der Waals surface area contributed by atoms with Gasteiger partial charge in [0, 0.05) is 37.1 Å². The second-order valence-corrected chi connectivity index (χ2v) is 14.3. The summed E-state index contributed by atoms with van der Waals surface area (Å²) < 4.78 is 0.671. The quantitative estimate of drug-likeness (QED) is 0.0713. The largest absolute Gasteiger partial charge is 0.508 e. The molecule has 2 fully saturated rings. The fourth-order valence-electron chi connectivity index (χ4n) is 4.67. The molecule has 2 aromatic rings. The van der Waals surface area contributed by atoms with Crippen LogP contribution in [0.15, 0.2) is 58.3 Å². The fraction of sp³-hybridized carbons (Fsp3) is 0.312. The molecule has 6 amide bonds. The molecule has 0 spiro atoms. The number of hydrazine groups is 2. The first-order valence-electron chi connectivity index (χ1n) is 15.5. The summed E-state index contributed by atoms with van der Waals surface area (Å²) in [5, 5.41) is 18.6. The summed E-state index contributed by atoms with van der Waals surface area (Å²) in [6.45, 7) is 0.642. The van der Waals surface area contributed by atoms with Gasteiger partial charge in [-0.15, -0.1) is 0 Å². The van der Waals surface area contributed by atoms with E-state index in [0.717, 1.165) is 23.5 Å². The number of amides is 6. The van der Waals surface area contributed by atoms with Crippen molar-refractivity contribution in [2.75, 3.05) is 13.1 Å². The van der Waals surface area contributed by atoms with Crippen LogP contribution >= 0.6 is 48.0 Å². The van der Waals surface area contributed by atoms with Crippen LogP contribution < -0.4 is 21.7 Å². The van der Waals surface area contributed by atoms with E-state index in [0.29, 0.717) is 60.3 Å². The molecule has 2 aliphatic heterocycles. The minimum atomic E-state index is -0.514. The molecule has 0 atom stereocenters. The van der Waals surface area contributed by atoms with Crippen LogP contribution in [0.25, 0.3) is 0 Å². The van der Waals surface area contributed by atoms with Crippen LogP contribution in [0.3, 0.4) is 0 Å². The third-order valence-electron chi connectivity index (χ3n) is 7.37. The van der Waals surface area contributed by atoms with Crippen molar-refractivity contribution in [2.24, 2.45) is 0 Å². The van der Waals surface area contributed by atoms with Crippen LogP contribution in [0.4, 0.5) is 0 Å². The molecule has 0 aliphatic carbocycles. The number of carbonyl (C=O) groups excluding carboxylic acids is 6. The normalized spacial score (nSPS) is 15.8. The Labute approximate surface area is 306 Å². The molecule has 0 bridgehead atoms. The molecule has 264 valence electrons. The van der Waals surface area contributed by atoms with E-state index in [1.165, 1.54) is 58.3 Å². The molecule has 14 nitrogen and oxygen atoms in total. The molecule has 2 aliphatic rings. The Balaban J connectivity index is 1.12. The number of nitrogens with zero attached hydrogens (tertiary/aromatic N) is 2. The van der Waals surface area contributed by atoms with E-state index in [1.807, 2.05) is 0 Å². The van der Waals surface area contributed by atoms with Gasteiger partial charge in [-0.1, -0.05) is 60.8 Å². The first-order chi connectivity index (χ1) is 23.9. The number of unbranched alkanes of at least 4 members (excludes halogenated alkanes) is 4. The zero-order valence-corrected chi connectivity index (χ0v) is 29.8. The number of thioether (sulfide) groups is 2. The van der Waals surface area contributed by atoms with Crippen molar-refractivity contribution in [2.45, 2.75) is 51.4 Å². The Kier molecular flexibility index (Phi) is 14.1. The lowest BCUT2D eigenvalue weighted by Gasteiger charge is -2.14. The van der Waals surface area contributed by atoms with Crippen LogP contribution in [0, 0.1) is 0 Å². The van der Waals surface area contributed by atoms with Gasteiger partial charge < -0.3 is 10.2 Å². The number of aromatic hydroxyl groups is 2. The van der Waals surface area contributed by atoms with E-state index in [-0.39, 0.29) is 68.9 Å². The average Bonchev–Trinajstić information content (AvgIpc) is 3.54. The monoisotopic (exact) mass is 758 g/mol.